The van der Waals surface area contributed by atoms with Crippen LogP contribution in [0.25, 0.3) is 6.15 Å². The van der Waals surface area contributed by atoms with Crippen molar-refractivity contribution in [2.75, 3.05) is 0 Å². The van der Waals surface area contributed by atoms with Crippen LogP contribution in [-0.2, 0) is 17.1 Å². The molecule has 18 heavy (non-hydrogen) atoms. The van der Waals surface area contributed by atoms with Crippen LogP contribution in [0.15, 0.2) is 0 Å². The van der Waals surface area contributed by atoms with Crippen LogP contribution in [0.5, 0.6) is 0 Å². The Morgan fingerprint density at radius 3 is 0.389 bits per heavy atom. The molecule has 0 unspecified atom stereocenters. The van der Waals surface area contributed by atoms with E-state index in [-0.39, 0.29) is 141 Å². The van der Waals surface area contributed by atoms with Crippen molar-refractivity contribution in [3.63, 3.8) is 0 Å². The topological polar surface area (TPSA) is 176 Å². The monoisotopic (exact) mass is 320 g/mol. The SMILES string of the molecule is [C-]#N.[C-]#N.[C-]#N.[C-]#N.[C-]#N.[C-]#N.[Fe+5].[NH2-].[Na+].[Na+].[Na].[Na]. The standard InChI is InChI=1S/6CN.Fe.H2N.4Na/c6*1-2;;;;;;/h;;;;;;;1H2;;;;/q6*-1;+5;-1;;;2*+1. The third kappa shape index (κ3) is 2330. The van der Waals surface area contributed by atoms with Gasteiger partial charge in [-0.25, -0.2) is 0 Å². The molecule has 0 aromatic carbocycles. The first kappa shape index (κ1) is 120. The van der Waals surface area contributed by atoms with Gasteiger partial charge in [-0.1, -0.05) is 0 Å². The van der Waals surface area contributed by atoms with Gasteiger partial charge in [-0.05, 0) is 0 Å². The van der Waals surface area contributed by atoms with Crippen molar-refractivity contribution in [1.29, 1.82) is 31.6 Å². The van der Waals surface area contributed by atoms with Crippen molar-refractivity contribution in [3.05, 3.63) is 45.6 Å². The quantitative estimate of drug-likeness (QED) is 0.317. The molecule has 0 aliphatic carbocycles. The summed E-state index contributed by atoms with van der Waals surface area (Å²) in [7, 11) is 0. The molecular weight excluding hydrogens is 318 g/mol. The van der Waals surface area contributed by atoms with Crippen LogP contribution >= 0.6 is 0 Å². The van der Waals surface area contributed by atoms with E-state index in [0.29, 0.717) is 0 Å². The number of nitrogens with zero attached hydrogens (tertiary/aromatic N) is 6. The van der Waals surface area contributed by atoms with E-state index in [2.05, 4.69) is 0 Å². The van der Waals surface area contributed by atoms with Gasteiger partial charge in [0.05, 0.1) is 0 Å². The molecule has 0 aromatic heterocycles. The second-order valence-corrected chi connectivity index (χ2v) is 0. The van der Waals surface area contributed by atoms with Crippen molar-refractivity contribution in [2.24, 2.45) is 0 Å². The van der Waals surface area contributed by atoms with Gasteiger partial charge in [-0.2, -0.15) is 0 Å². The molecule has 0 aliphatic rings. The van der Waals surface area contributed by atoms with Crippen LogP contribution in [0.4, 0.5) is 0 Å². The van der Waals surface area contributed by atoms with Crippen molar-refractivity contribution < 1.29 is 76.2 Å². The van der Waals surface area contributed by atoms with Gasteiger partial charge in [0.25, 0.3) is 0 Å². The Balaban J connectivity index is -0.00000000225. The van der Waals surface area contributed by atoms with E-state index in [1.165, 1.54) is 0 Å². The van der Waals surface area contributed by atoms with Gasteiger partial charge < -0.3 is 77.2 Å². The Bertz CT molecular complexity index is 107. The fourth-order valence-electron chi connectivity index (χ4n) is 0. The molecule has 0 spiro atoms. The molecule has 7 nitrogen and oxygen atoms in total. The summed E-state index contributed by atoms with van der Waals surface area (Å²) in [5, 5.41) is 37.5. The van der Waals surface area contributed by atoms with Gasteiger partial charge in [0.15, 0.2) is 0 Å². The average Bonchev–Trinajstić information content (AvgIpc) is 2.33. The summed E-state index contributed by atoms with van der Waals surface area (Å²) in [4.78, 5) is 0. The Hall–Kier alpha value is 1.42. The van der Waals surface area contributed by atoms with Crippen LogP contribution in [0.2, 0.25) is 0 Å². The van der Waals surface area contributed by atoms with Gasteiger partial charge in [0.1, 0.15) is 0 Å². The second-order valence-electron chi connectivity index (χ2n) is 0. The molecule has 0 bridgehead atoms. The smallest absolute Gasteiger partial charge is 0.693 e. The van der Waals surface area contributed by atoms with Crippen LogP contribution in [0.3, 0.4) is 0 Å². The minimum absolute atomic E-state index is 0. The minimum Gasteiger partial charge on any atom is -0.693 e. The molecule has 3 radical (unpaired) electrons. The summed E-state index contributed by atoms with van der Waals surface area (Å²) in [5.41, 5.74) is 0. The third-order valence-corrected chi connectivity index (χ3v) is 0. The molecule has 0 atom stereocenters. The first-order valence-electron chi connectivity index (χ1n) is 1.34. The van der Waals surface area contributed by atoms with E-state index in [0.717, 1.165) is 0 Å². The maximum Gasteiger partial charge on any atom is 5.00 e. The van der Waals surface area contributed by atoms with Crippen LogP contribution in [0, 0.1) is 71.0 Å². The Labute approximate surface area is 208 Å². The molecule has 0 rings (SSSR count). The molecule has 0 aliphatic heterocycles. The molecular formula is C6H2FeN7Na4. The predicted molar refractivity (Wildman–Crippen MR) is 46.6 cm³/mol. The number of nitrogens with two attached hydrogens (primary N) is 1. The molecule has 12 heteroatoms. The summed E-state index contributed by atoms with van der Waals surface area (Å²) in [5.74, 6) is 0. The summed E-state index contributed by atoms with van der Waals surface area (Å²) < 4.78 is 0. The van der Waals surface area contributed by atoms with Crippen LogP contribution in [0.1, 0.15) is 0 Å². The van der Waals surface area contributed by atoms with E-state index in [1.807, 2.05) is 0 Å². The maximum atomic E-state index is 6.25. The molecule has 0 saturated carbocycles. The largest absolute Gasteiger partial charge is 5.00 e. The number of hydrogen-bond acceptors (Lipinski definition) is 6. The Kier molecular flexibility index (Phi) is 18400. The van der Waals surface area contributed by atoms with E-state index >= 15 is 0 Å². The zero-order valence-electron chi connectivity index (χ0n) is 10.6. The minimum atomic E-state index is 0. The molecule has 0 fully saturated rings. The van der Waals surface area contributed by atoms with Gasteiger partial charge in [0, 0.05) is 59.1 Å². The zero-order valence-corrected chi connectivity index (χ0v) is 19.7. The average molecular weight is 320 g/mol. The summed E-state index contributed by atoms with van der Waals surface area (Å²) in [6.45, 7) is 28.5. The predicted octanol–water partition coefficient (Wildman–Crippen LogP) is -5.46. The molecule has 2 N–H and O–H groups in total. The van der Waals surface area contributed by atoms with Crippen LogP contribution in [-0.4, -0.2) is 59.1 Å². The molecule has 0 amide bonds. The maximum absolute atomic E-state index is 6.25. The summed E-state index contributed by atoms with van der Waals surface area (Å²) >= 11 is 0. The molecule has 73 valence electrons. The molecule has 0 saturated heterocycles. The van der Waals surface area contributed by atoms with E-state index in [1.54, 1.807) is 0 Å². The van der Waals surface area contributed by atoms with E-state index in [4.69, 9.17) is 71.0 Å². The van der Waals surface area contributed by atoms with E-state index in [9.17, 15) is 0 Å². The molecule has 0 aromatic rings. The van der Waals surface area contributed by atoms with Gasteiger partial charge in [0.2, 0.25) is 0 Å². The van der Waals surface area contributed by atoms with Gasteiger partial charge in [-0.3, -0.25) is 0 Å². The van der Waals surface area contributed by atoms with Crippen molar-refractivity contribution >= 4 is 59.1 Å². The van der Waals surface area contributed by atoms with Crippen LogP contribution < -0.4 is 59.1 Å². The van der Waals surface area contributed by atoms with Crippen molar-refractivity contribution in [2.45, 2.75) is 0 Å². The first-order valence-corrected chi connectivity index (χ1v) is 1.34. The Morgan fingerprint density at radius 2 is 0.389 bits per heavy atom. The first-order chi connectivity index (χ1) is 6.00. The number of rotatable bonds is 0. The van der Waals surface area contributed by atoms with Crippen molar-refractivity contribution in [1.82, 2.24) is 0 Å². The van der Waals surface area contributed by atoms with E-state index < -0.39 is 0 Å². The summed E-state index contributed by atoms with van der Waals surface area (Å²) in [6, 6.07) is 0. The zero-order chi connectivity index (χ0) is 12.0. The second kappa shape index (κ2) is 2770. The Morgan fingerprint density at radius 1 is 0.389 bits per heavy atom. The summed E-state index contributed by atoms with van der Waals surface area (Å²) in [6.07, 6.45) is 0. The fraction of sp³-hybridized carbons (Fsp3) is 0. The van der Waals surface area contributed by atoms with Gasteiger partial charge >= 0.3 is 76.2 Å². The van der Waals surface area contributed by atoms with Gasteiger partial charge in [-0.15, -0.1) is 0 Å². The fourth-order valence-corrected chi connectivity index (χ4v) is 0. The number of hydrogen-bond donors (Lipinski definition) is 0. The third-order valence-electron chi connectivity index (χ3n) is 0. The molecule has 0 heterocycles. The normalized spacial score (nSPS) is 0.667. The van der Waals surface area contributed by atoms with Crippen molar-refractivity contribution in [3.8, 4) is 0 Å².